The molecule has 1 N–H and O–H groups in total. The van der Waals surface area contributed by atoms with Gasteiger partial charge >= 0.3 is 0 Å². The maximum Gasteiger partial charge on any atom is 0.193 e. The number of nitrogens with zero attached hydrogens (tertiary/aromatic N) is 2. The zero-order valence-electron chi connectivity index (χ0n) is 15.2. The van der Waals surface area contributed by atoms with E-state index in [1.807, 2.05) is 13.1 Å². The van der Waals surface area contributed by atoms with Gasteiger partial charge in [0.05, 0.1) is 6.10 Å². The molecule has 0 amide bonds. The third-order valence-corrected chi connectivity index (χ3v) is 4.41. The lowest BCUT2D eigenvalue weighted by molar-refractivity contribution is 0.0645. The van der Waals surface area contributed by atoms with E-state index in [0.29, 0.717) is 0 Å². The molecular weight excluding hydrogens is 413 g/mol. The molecule has 2 rings (SSSR count). The van der Waals surface area contributed by atoms with Gasteiger partial charge in [-0.2, -0.15) is 0 Å². The third-order valence-electron chi connectivity index (χ3n) is 4.41. The Morgan fingerprint density at radius 1 is 1.38 bits per heavy atom. The number of piperidine rings is 1. The van der Waals surface area contributed by atoms with Crippen LogP contribution in [0, 0.1) is 5.92 Å². The summed E-state index contributed by atoms with van der Waals surface area (Å²) in [6.45, 7) is 8.32. The average molecular weight is 445 g/mol. The Hall–Kier alpha value is -0.820. The molecule has 0 bridgehead atoms. The maximum atomic E-state index is 5.91. The topological polar surface area (TPSA) is 36.9 Å². The number of rotatable bonds is 6. The number of nitrogens with one attached hydrogen (secondary N) is 1. The van der Waals surface area contributed by atoms with Gasteiger partial charge < -0.3 is 15.0 Å². The number of hydrogen-bond donors (Lipinski definition) is 1. The van der Waals surface area contributed by atoms with Crippen molar-refractivity contribution in [2.45, 2.75) is 39.2 Å². The van der Waals surface area contributed by atoms with Gasteiger partial charge in [-0.3, -0.25) is 4.99 Å². The quantitative estimate of drug-likeness (QED) is 0.310. The van der Waals surface area contributed by atoms with Crippen LogP contribution in [0.5, 0.6) is 0 Å². The van der Waals surface area contributed by atoms with Crippen LogP contribution in [-0.4, -0.2) is 44.1 Å². The van der Waals surface area contributed by atoms with E-state index >= 15 is 0 Å². The Morgan fingerprint density at radius 2 is 2.12 bits per heavy atom. The maximum absolute atomic E-state index is 5.91. The van der Waals surface area contributed by atoms with Crippen LogP contribution in [0.1, 0.15) is 44.8 Å². The fourth-order valence-corrected chi connectivity index (χ4v) is 3.07. The summed E-state index contributed by atoms with van der Waals surface area (Å²) in [5.41, 5.74) is 1.23. The molecule has 136 valence electrons. The zero-order chi connectivity index (χ0) is 16.5. The lowest BCUT2D eigenvalue weighted by atomic mass is 10.0. The number of hydrogen-bond acceptors (Lipinski definition) is 2. The lowest BCUT2D eigenvalue weighted by Gasteiger charge is -2.33. The molecule has 1 aromatic rings. The Bertz CT molecular complexity index is 481. The van der Waals surface area contributed by atoms with Crippen molar-refractivity contribution in [1.82, 2.24) is 10.2 Å². The van der Waals surface area contributed by atoms with Gasteiger partial charge in [0, 0.05) is 33.3 Å². The molecule has 0 aromatic heterocycles. The van der Waals surface area contributed by atoms with E-state index in [4.69, 9.17) is 4.74 Å². The zero-order valence-corrected chi connectivity index (χ0v) is 17.5. The van der Waals surface area contributed by atoms with Crippen molar-refractivity contribution < 1.29 is 4.74 Å². The second kappa shape index (κ2) is 11.7. The first-order valence-electron chi connectivity index (χ1n) is 8.83. The van der Waals surface area contributed by atoms with Crippen LogP contribution in [-0.2, 0) is 4.74 Å². The Labute approximate surface area is 164 Å². The Balaban J connectivity index is 0.00000288. The smallest absolute Gasteiger partial charge is 0.193 e. The second-order valence-corrected chi connectivity index (χ2v) is 6.44. The molecule has 1 saturated heterocycles. The highest BCUT2D eigenvalue weighted by Crippen LogP contribution is 2.16. The van der Waals surface area contributed by atoms with Crippen molar-refractivity contribution in [3.8, 4) is 0 Å². The first-order chi connectivity index (χ1) is 11.2. The predicted octanol–water partition coefficient (Wildman–Crippen LogP) is 4.08. The van der Waals surface area contributed by atoms with E-state index in [0.717, 1.165) is 44.5 Å². The van der Waals surface area contributed by atoms with Crippen molar-refractivity contribution in [3.05, 3.63) is 35.9 Å². The summed E-state index contributed by atoms with van der Waals surface area (Å²) in [7, 11) is 1.87. The van der Waals surface area contributed by atoms with Gasteiger partial charge in [0.1, 0.15) is 0 Å². The summed E-state index contributed by atoms with van der Waals surface area (Å²) in [6.07, 6.45) is 3.73. The van der Waals surface area contributed by atoms with Gasteiger partial charge in [-0.25, -0.2) is 0 Å². The fourth-order valence-electron chi connectivity index (χ4n) is 3.07. The van der Waals surface area contributed by atoms with Gasteiger partial charge in [0.15, 0.2) is 5.96 Å². The average Bonchev–Trinajstić information content (AvgIpc) is 2.58. The van der Waals surface area contributed by atoms with E-state index in [1.54, 1.807) is 0 Å². The van der Waals surface area contributed by atoms with E-state index in [2.05, 4.69) is 53.3 Å². The molecule has 0 spiro atoms. The Morgan fingerprint density at radius 3 is 2.79 bits per heavy atom. The fraction of sp³-hybridized carbons (Fsp3) is 0.632. The number of halogens is 1. The van der Waals surface area contributed by atoms with Crippen molar-refractivity contribution in [2.75, 3.05) is 33.3 Å². The minimum atomic E-state index is 0. The van der Waals surface area contributed by atoms with Crippen LogP contribution in [0.15, 0.2) is 35.3 Å². The predicted molar refractivity (Wildman–Crippen MR) is 112 cm³/mol. The minimum Gasteiger partial charge on any atom is -0.374 e. The van der Waals surface area contributed by atoms with Crippen LogP contribution in [0.25, 0.3) is 0 Å². The largest absolute Gasteiger partial charge is 0.374 e. The minimum absolute atomic E-state index is 0. The molecule has 1 aromatic carbocycles. The first-order valence-corrected chi connectivity index (χ1v) is 8.83. The van der Waals surface area contributed by atoms with Crippen LogP contribution >= 0.6 is 24.0 Å². The van der Waals surface area contributed by atoms with Crippen LogP contribution in [0.2, 0.25) is 0 Å². The number of benzene rings is 1. The Kier molecular flexibility index (Phi) is 10.3. The van der Waals surface area contributed by atoms with Crippen LogP contribution < -0.4 is 5.32 Å². The first kappa shape index (κ1) is 21.2. The molecule has 5 heteroatoms. The van der Waals surface area contributed by atoms with Crippen molar-refractivity contribution >= 4 is 29.9 Å². The van der Waals surface area contributed by atoms with Crippen LogP contribution in [0.4, 0.5) is 0 Å². The van der Waals surface area contributed by atoms with Gasteiger partial charge in [0.2, 0.25) is 0 Å². The summed E-state index contributed by atoms with van der Waals surface area (Å²) in [5.74, 6) is 1.80. The number of guanidine groups is 1. The molecule has 0 aliphatic carbocycles. The summed E-state index contributed by atoms with van der Waals surface area (Å²) in [4.78, 5) is 6.79. The monoisotopic (exact) mass is 445 g/mol. The summed E-state index contributed by atoms with van der Waals surface area (Å²) in [6, 6.07) is 10.4. The molecule has 4 nitrogen and oxygen atoms in total. The van der Waals surface area contributed by atoms with Gasteiger partial charge in [-0.15, -0.1) is 24.0 Å². The molecule has 2 atom stereocenters. The SMILES string of the molecule is CN=C(NCCCOC(C)c1ccccc1)N1CCCC(C)C1.I. The molecule has 1 aliphatic rings. The van der Waals surface area contributed by atoms with Gasteiger partial charge in [-0.1, -0.05) is 37.3 Å². The van der Waals surface area contributed by atoms with E-state index in [9.17, 15) is 0 Å². The standard InChI is InChI=1S/C19H31N3O.HI/c1-16-9-7-13-22(15-16)19(20-3)21-12-8-14-23-17(2)18-10-5-4-6-11-18;/h4-6,10-11,16-17H,7-9,12-15H2,1-3H3,(H,20,21);1H. The summed E-state index contributed by atoms with van der Waals surface area (Å²) >= 11 is 0. The molecule has 1 heterocycles. The summed E-state index contributed by atoms with van der Waals surface area (Å²) < 4.78 is 5.91. The number of ether oxygens (including phenoxy) is 1. The van der Waals surface area contributed by atoms with E-state index < -0.39 is 0 Å². The van der Waals surface area contributed by atoms with Crippen LogP contribution in [0.3, 0.4) is 0 Å². The second-order valence-electron chi connectivity index (χ2n) is 6.44. The summed E-state index contributed by atoms with van der Waals surface area (Å²) in [5, 5.41) is 3.47. The highest BCUT2D eigenvalue weighted by Gasteiger charge is 2.18. The molecule has 2 unspecified atom stereocenters. The molecule has 24 heavy (non-hydrogen) atoms. The highest BCUT2D eigenvalue weighted by atomic mass is 127. The van der Waals surface area contributed by atoms with Crippen molar-refractivity contribution in [1.29, 1.82) is 0 Å². The third kappa shape index (κ3) is 6.97. The highest BCUT2D eigenvalue weighted by molar-refractivity contribution is 14.0. The number of aliphatic imine (C=N–C) groups is 1. The van der Waals surface area contributed by atoms with E-state index in [-0.39, 0.29) is 30.1 Å². The van der Waals surface area contributed by atoms with E-state index in [1.165, 1.54) is 18.4 Å². The molecule has 0 radical (unpaired) electrons. The van der Waals surface area contributed by atoms with Gasteiger partial charge in [-0.05, 0) is 37.7 Å². The normalized spacial score (nSPS) is 19.5. The number of likely N-dealkylation sites (tertiary alicyclic amines) is 1. The molecular formula is C19H32IN3O. The molecule has 0 saturated carbocycles. The van der Waals surface area contributed by atoms with Gasteiger partial charge in [0.25, 0.3) is 0 Å². The van der Waals surface area contributed by atoms with Crippen molar-refractivity contribution in [3.63, 3.8) is 0 Å². The van der Waals surface area contributed by atoms with Crippen molar-refractivity contribution in [2.24, 2.45) is 10.9 Å². The molecule has 1 aliphatic heterocycles. The lowest BCUT2D eigenvalue weighted by Crippen LogP contribution is -2.46. The molecule has 1 fully saturated rings.